The Morgan fingerprint density at radius 3 is 2.28 bits per heavy atom. The maximum Gasteiger partial charge on any atom is 0.329 e. The van der Waals surface area contributed by atoms with Gasteiger partial charge in [-0.15, -0.1) is 0 Å². The van der Waals surface area contributed by atoms with Crippen LogP contribution in [0.4, 0.5) is 5.82 Å². The summed E-state index contributed by atoms with van der Waals surface area (Å²) in [4.78, 5) is 27.0. The molecule has 2 heterocycles. The van der Waals surface area contributed by atoms with E-state index in [-0.39, 0.29) is 5.92 Å². The molecule has 0 spiro atoms. The van der Waals surface area contributed by atoms with Crippen molar-refractivity contribution >= 4 is 28.9 Å². The molecule has 1 fully saturated rings. The lowest BCUT2D eigenvalue weighted by molar-refractivity contribution is -0.145. The maximum atomic E-state index is 13.0. The zero-order chi connectivity index (χ0) is 25.3. The number of rotatable bonds is 9. The number of anilines is 1. The molecule has 7 heteroatoms. The second-order valence-electron chi connectivity index (χ2n) is 9.05. The topological polar surface area (TPSA) is 82.3 Å². The highest BCUT2D eigenvalue weighted by Crippen LogP contribution is 2.29. The molecule has 3 aromatic rings. The minimum absolute atomic E-state index is 0.285. The first-order chi connectivity index (χ1) is 17.6. The predicted molar refractivity (Wildman–Crippen MR) is 142 cm³/mol. The number of fused-ring (bicyclic) bond motifs is 1. The van der Waals surface area contributed by atoms with Gasteiger partial charge < -0.3 is 14.5 Å². The molecule has 1 aromatic heterocycles. The van der Waals surface area contributed by atoms with Gasteiger partial charge in [-0.1, -0.05) is 69.2 Å². The molecule has 1 aliphatic rings. The number of carbonyl (C=O) groups excluding carboxylic acids is 1. The Hall–Kier alpha value is -3.92. The summed E-state index contributed by atoms with van der Waals surface area (Å²) >= 11 is 0. The van der Waals surface area contributed by atoms with Crippen molar-refractivity contribution in [3.05, 3.63) is 72.1 Å². The van der Waals surface area contributed by atoms with Crippen molar-refractivity contribution in [3.63, 3.8) is 0 Å². The number of nitrogens with zero attached hydrogens (tertiary/aromatic N) is 5. The fraction of sp³-hybridized carbons (Fsp3) is 0.379. The van der Waals surface area contributed by atoms with Crippen molar-refractivity contribution < 1.29 is 9.53 Å². The average molecular weight is 484 g/mol. The minimum atomic E-state index is -1.12. The second kappa shape index (κ2) is 12.2. The van der Waals surface area contributed by atoms with Gasteiger partial charge in [0.1, 0.15) is 5.69 Å². The quantitative estimate of drug-likeness (QED) is 0.396. The van der Waals surface area contributed by atoms with E-state index in [0.29, 0.717) is 36.7 Å². The largest absolute Gasteiger partial charge is 0.464 e. The summed E-state index contributed by atoms with van der Waals surface area (Å²) in [5.74, 6) is -0.805. The lowest BCUT2D eigenvalue weighted by atomic mass is 10.0. The summed E-state index contributed by atoms with van der Waals surface area (Å²) in [7, 11) is 0. The Balaban J connectivity index is 1.55. The van der Waals surface area contributed by atoms with Crippen LogP contribution in [0.3, 0.4) is 0 Å². The summed E-state index contributed by atoms with van der Waals surface area (Å²) in [5, 5.41) is 9.99. The van der Waals surface area contributed by atoms with Crippen LogP contribution in [0.25, 0.3) is 17.1 Å². The van der Waals surface area contributed by atoms with Gasteiger partial charge in [0, 0.05) is 26.2 Å². The van der Waals surface area contributed by atoms with Crippen molar-refractivity contribution in [2.45, 2.75) is 32.6 Å². The molecule has 1 aliphatic heterocycles. The highest BCUT2D eigenvalue weighted by Gasteiger charge is 2.31. The smallest absolute Gasteiger partial charge is 0.329 e. The summed E-state index contributed by atoms with van der Waals surface area (Å²) in [6.45, 7) is 7.48. The van der Waals surface area contributed by atoms with Crippen LogP contribution >= 0.6 is 0 Å². The number of piperazine rings is 1. The number of carbonyl (C=O) groups is 1. The highest BCUT2D eigenvalue weighted by molar-refractivity contribution is 5.85. The van der Waals surface area contributed by atoms with Gasteiger partial charge in [0.15, 0.2) is 11.7 Å². The van der Waals surface area contributed by atoms with Crippen LogP contribution in [0.15, 0.2) is 60.8 Å². The number of hydrogen-bond acceptors (Lipinski definition) is 7. The Morgan fingerprint density at radius 2 is 1.64 bits per heavy atom. The summed E-state index contributed by atoms with van der Waals surface area (Å²) in [6.07, 6.45) is 6.07. The number of para-hydroxylation sites is 2. The molecule has 0 N–H and O–H groups in total. The zero-order valence-electron chi connectivity index (χ0n) is 21.0. The van der Waals surface area contributed by atoms with Crippen LogP contribution in [0.2, 0.25) is 0 Å². The molecule has 0 radical (unpaired) electrons. The van der Waals surface area contributed by atoms with Gasteiger partial charge in [0.05, 0.1) is 23.7 Å². The van der Waals surface area contributed by atoms with Gasteiger partial charge in [-0.05, 0) is 35.9 Å². The molecule has 186 valence electrons. The molecule has 36 heavy (non-hydrogen) atoms. The van der Waals surface area contributed by atoms with E-state index in [9.17, 15) is 10.1 Å². The Bertz CT molecular complexity index is 1230. The van der Waals surface area contributed by atoms with Crippen LogP contribution in [-0.2, 0) is 9.53 Å². The molecule has 4 rings (SSSR count). The molecule has 0 bridgehead atoms. The van der Waals surface area contributed by atoms with Gasteiger partial charge in [0.25, 0.3) is 0 Å². The van der Waals surface area contributed by atoms with Crippen LogP contribution in [-0.4, -0.2) is 53.6 Å². The van der Waals surface area contributed by atoms with E-state index in [1.165, 1.54) is 0 Å². The Morgan fingerprint density at radius 1 is 1.00 bits per heavy atom. The summed E-state index contributed by atoms with van der Waals surface area (Å²) in [6, 6.07) is 19.9. The van der Waals surface area contributed by atoms with Crippen LogP contribution in [0.5, 0.6) is 0 Å². The van der Waals surface area contributed by atoms with Crippen molar-refractivity contribution in [1.82, 2.24) is 14.9 Å². The monoisotopic (exact) mass is 483 g/mol. The summed E-state index contributed by atoms with van der Waals surface area (Å²) in [5.41, 5.74) is 2.93. The van der Waals surface area contributed by atoms with Gasteiger partial charge in [-0.3, -0.25) is 4.79 Å². The minimum Gasteiger partial charge on any atom is -0.464 e. The third-order valence-electron chi connectivity index (χ3n) is 6.72. The number of aromatic nitrogens is 2. The number of ether oxygens (including phenoxy) is 1. The standard InChI is InChI=1S/C29H33N5O2/c1-3-22(4-2)21-36-29(35)24(20-30)27-28(32-26-13-9-8-12-25(26)31-27)34-18-16-33(17-19-34)15-14-23-10-6-5-7-11-23/h5-15,22,24H,3-4,16-19,21H2,1-2H3/b15-14+. The van der Waals surface area contributed by atoms with Crippen molar-refractivity contribution in [1.29, 1.82) is 5.26 Å². The zero-order valence-corrected chi connectivity index (χ0v) is 21.0. The highest BCUT2D eigenvalue weighted by atomic mass is 16.5. The first kappa shape index (κ1) is 25.2. The molecule has 1 saturated heterocycles. The van der Waals surface area contributed by atoms with E-state index in [0.717, 1.165) is 37.0 Å². The molecule has 1 atom stereocenters. The maximum absolute atomic E-state index is 13.0. The van der Waals surface area contributed by atoms with Crippen LogP contribution in [0, 0.1) is 17.2 Å². The Kier molecular flexibility index (Phi) is 8.51. The van der Waals surface area contributed by atoms with Gasteiger partial charge >= 0.3 is 5.97 Å². The molecule has 0 aliphatic carbocycles. The third kappa shape index (κ3) is 6.01. The number of benzene rings is 2. The third-order valence-corrected chi connectivity index (χ3v) is 6.72. The SMILES string of the molecule is CCC(CC)COC(=O)C(C#N)c1nc2ccccc2nc1N1CCN(/C=C/c2ccccc2)CC1. The van der Waals surface area contributed by atoms with E-state index in [2.05, 4.69) is 54.1 Å². The molecule has 0 saturated carbocycles. The molecule has 7 nitrogen and oxygen atoms in total. The van der Waals surface area contributed by atoms with Crippen molar-refractivity contribution in [2.75, 3.05) is 37.7 Å². The molecule has 0 amide bonds. The first-order valence-corrected chi connectivity index (χ1v) is 12.7. The van der Waals surface area contributed by atoms with E-state index in [4.69, 9.17) is 14.7 Å². The van der Waals surface area contributed by atoms with Crippen molar-refractivity contribution in [2.24, 2.45) is 5.92 Å². The number of esters is 1. The number of nitriles is 1. The predicted octanol–water partition coefficient (Wildman–Crippen LogP) is 5.01. The first-order valence-electron chi connectivity index (χ1n) is 12.7. The molecular formula is C29H33N5O2. The fourth-order valence-electron chi connectivity index (χ4n) is 4.30. The summed E-state index contributed by atoms with van der Waals surface area (Å²) < 4.78 is 5.57. The molecular weight excluding hydrogens is 450 g/mol. The van der Waals surface area contributed by atoms with E-state index in [1.54, 1.807) is 0 Å². The van der Waals surface area contributed by atoms with E-state index in [1.807, 2.05) is 42.5 Å². The van der Waals surface area contributed by atoms with Crippen LogP contribution < -0.4 is 4.90 Å². The number of hydrogen-bond donors (Lipinski definition) is 0. The van der Waals surface area contributed by atoms with E-state index >= 15 is 0 Å². The van der Waals surface area contributed by atoms with Crippen molar-refractivity contribution in [3.8, 4) is 6.07 Å². The van der Waals surface area contributed by atoms with Gasteiger partial charge in [0.2, 0.25) is 0 Å². The van der Waals surface area contributed by atoms with E-state index < -0.39 is 11.9 Å². The normalized spacial score (nSPS) is 14.8. The second-order valence-corrected chi connectivity index (χ2v) is 9.05. The average Bonchev–Trinajstić information content (AvgIpc) is 2.93. The molecule has 2 aromatic carbocycles. The molecule has 1 unspecified atom stereocenters. The van der Waals surface area contributed by atoms with Crippen LogP contribution in [0.1, 0.15) is 43.9 Å². The lowest BCUT2D eigenvalue weighted by Crippen LogP contribution is -2.45. The van der Waals surface area contributed by atoms with Gasteiger partial charge in [-0.25, -0.2) is 9.97 Å². The van der Waals surface area contributed by atoms with Gasteiger partial charge in [-0.2, -0.15) is 5.26 Å². The Labute approximate surface area is 213 Å². The lowest BCUT2D eigenvalue weighted by Gasteiger charge is -2.35. The fourth-order valence-corrected chi connectivity index (χ4v) is 4.30.